The second-order valence-corrected chi connectivity index (χ2v) is 9.68. The lowest BCUT2D eigenvalue weighted by Gasteiger charge is -2.26. The number of para-hydroxylation sites is 1. The Morgan fingerprint density at radius 1 is 1.22 bits per heavy atom. The molecule has 0 saturated heterocycles. The Balaban J connectivity index is 2.01. The van der Waals surface area contributed by atoms with Gasteiger partial charge in [-0.3, -0.25) is 9.36 Å². The molecule has 188 valence electrons. The van der Waals surface area contributed by atoms with E-state index in [9.17, 15) is 14.7 Å². The average Bonchev–Trinajstić information content (AvgIpc) is 3.14. The molecule has 1 aliphatic rings. The zero-order chi connectivity index (χ0) is 26.0. The highest BCUT2D eigenvalue weighted by atomic mass is 79.9. The van der Waals surface area contributed by atoms with E-state index >= 15 is 0 Å². The van der Waals surface area contributed by atoms with Crippen LogP contribution in [-0.4, -0.2) is 36.0 Å². The van der Waals surface area contributed by atoms with Gasteiger partial charge in [-0.2, -0.15) is 0 Å². The molecule has 0 unspecified atom stereocenters. The third kappa shape index (κ3) is 4.70. The second kappa shape index (κ2) is 10.7. The van der Waals surface area contributed by atoms with Crippen LogP contribution in [0.3, 0.4) is 0 Å². The second-order valence-electron chi connectivity index (χ2n) is 7.82. The van der Waals surface area contributed by atoms with E-state index in [4.69, 9.17) is 14.2 Å². The van der Waals surface area contributed by atoms with Gasteiger partial charge in [-0.25, -0.2) is 9.79 Å². The van der Waals surface area contributed by atoms with Crippen molar-refractivity contribution in [3.8, 4) is 17.2 Å². The predicted molar refractivity (Wildman–Crippen MR) is 140 cm³/mol. The minimum Gasteiger partial charge on any atom is -0.507 e. The number of halogens is 1. The summed E-state index contributed by atoms with van der Waals surface area (Å²) in [6.45, 7) is 5.93. The van der Waals surface area contributed by atoms with Gasteiger partial charge in [0.15, 0.2) is 16.3 Å². The van der Waals surface area contributed by atoms with Gasteiger partial charge in [-0.1, -0.05) is 45.5 Å². The number of aromatic hydroxyl groups is 1. The molecule has 8 nitrogen and oxygen atoms in total. The molecule has 0 saturated carbocycles. The Kier molecular flexibility index (Phi) is 7.65. The van der Waals surface area contributed by atoms with Crippen molar-refractivity contribution >= 4 is 39.3 Å². The lowest BCUT2D eigenvalue weighted by Crippen LogP contribution is -2.40. The molecule has 0 spiro atoms. The number of aromatic nitrogens is 1. The molecule has 0 aliphatic carbocycles. The smallest absolute Gasteiger partial charge is 0.338 e. The molecule has 1 N–H and O–H groups in total. The Morgan fingerprint density at radius 2 is 1.97 bits per heavy atom. The van der Waals surface area contributed by atoms with Crippen molar-refractivity contribution in [2.75, 3.05) is 20.3 Å². The summed E-state index contributed by atoms with van der Waals surface area (Å²) in [5.74, 6) is 0.492. The first-order valence-corrected chi connectivity index (χ1v) is 12.9. The molecule has 4 rings (SSSR count). The molecular formula is C26H25BrN2O6S. The van der Waals surface area contributed by atoms with E-state index in [-0.39, 0.29) is 23.5 Å². The number of nitrogens with zero attached hydrogens (tertiary/aromatic N) is 2. The number of thiazole rings is 1. The Hall–Kier alpha value is -3.37. The van der Waals surface area contributed by atoms with E-state index in [2.05, 4.69) is 20.9 Å². The molecule has 0 amide bonds. The molecule has 0 fully saturated rings. The summed E-state index contributed by atoms with van der Waals surface area (Å²) in [7, 11) is 1.53. The molecule has 3 aromatic rings. The number of hydrogen-bond acceptors (Lipinski definition) is 8. The molecule has 0 bridgehead atoms. The largest absolute Gasteiger partial charge is 0.507 e. The average molecular weight is 573 g/mol. The maximum Gasteiger partial charge on any atom is 0.338 e. The number of phenols is 1. The van der Waals surface area contributed by atoms with Crippen LogP contribution in [0.1, 0.15) is 37.9 Å². The molecule has 2 heterocycles. The Labute approximate surface area is 219 Å². The highest BCUT2D eigenvalue weighted by molar-refractivity contribution is 9.10. The topological polar surface area (TPSA) is 99.4 Å². The summed E-state index contributed by atoms with van der Waals surface area (Å²) in [6, 6.07) is 9.43. The van der Waals surface area contributed by atoms with Gasteiger partial charge < -0.3 is 19.3 Å². The van der Waals surface area contributed by atoms with Crippen LogP contribution >= 0.6 is 27.3 Å². The van der Waals surface area contributed by atoms with Gasteiger partial charge in [-0.05, 0) is 50.6 Å². The molecule has 1 aromatic heterocycles. The Bertz CT molecular complexity index is 1540. The summed E-state index contributed by atoms with van der Waals surface area (Å²) in [4.78, 5) is 31.9. The fourth-order valence-electron chi connectivity index (χ4n) is 4.02. The van der Waals surface area contributed by atoms with E-state index < -0.39 is 12.0 Å². The summed E-state index contributed by atoms with van der Waals surface area (Å²) in [6.07, 6.45) is 1.62. The normalized spacial score (nSPS) is 15.4. The van der Waals surface area contributed by atoms with Crippen LogP contribution in [0.4, 0.5) is 0 Å². The van der Waals surface area contributed by atoms with Crippen molar-refractivity contribution in [1.29, 1.82) is 0 Å². The van der Waals surface area contributed by atoms with Crippen molar-refractivity contribution in [3.63, 3.8) is 0 Å². The van der Waals surface area contributed by atoms with Crippen LogP contribution < -0.4 is 24.4 Å². The van der Waals surface area contributed by atoms with Crippen molar-refractivity contribution in [2.45, 2.75) is 26.8 Å². The zero-order valence-corrected chi connectivity index (χ0v) is 22.6. The minimum atomic E-state index is -0.828. The Morgan fingerprint density at radius 3 is 2.64 bits per heavy atom. The summed E-state index contributed by atoms with van der Waals surface area (Å²) < 4.78 is 19.1. The van der Waals surface area contributed by atoms with E-state index in [1.165, 1.54) is 23.0 Å². The first kappa shape index (κ1) is 25.7. The van der Waals surface area contributed by atoms with Gasteiger partial charge in [0.25, 0.3) is 5.56 Å². The zero-order valence-electron chi connectivity index (χ0n) is 20.2. The number of carbonyl (C=O) groups excluding carboxylic acids is 1. The highest BCUT2D eigenvalue weighted by Crippen LogP contribution is 2.41. The third-order valence-electron chi connectivity index (χ3n) is 5.62. The quantitative estimate of drug-likeness (QED) is 0.434. The number of fused-ring (bicyclic) bond motifs is 1. The molecule has 0 radical (unpaired) electrons. The van der Waals surface area contributed by atoms with Crippen LogP contribution in [0.15, 0.2) is 61.9 Å². The lowest BCUT2D eigenvalue weighted by atomic mass is 9.95. The molecule has 1 aliphatic heterocycles. The molecule has 2 aromatic carbocycles. The van der Waals surface area contributed by atoms with Crippen molar-refractivity contribution < 1.29 is 24.1 Å². The first-order valence-electron chi connectivity index (χ1n) is 11.3. The van der Waals surface area contributed by atoms with E-state index in [1.807, 2.05) is 6.92 Å². The van der Waals surface area contributed by atoms with Crippen LogP contribution in [0.2, 0.25) is 0 Å². The van der Waals surface area contributed by atoms with Crippen LogP contribution in [0, 0.1) is 0 Å². The van der Waals surface area contributed by atoms with Crippen LogP contribution in [0.25, 0.3) is 6.08 Å². The van der Waals surface area contributed by atoms with E-state index in [1.54, 1.807) is 56.3 Å². The van der Waals surface area contributed by atoms with Gasteiger partial charge in [0, 0.05) is 10.0 Å². The van der Waals surface area contributed by atoms with Gasteiger partial charge in [-0.15, -0.1) is 0 Å². The van der Waals surface area contributed by atoms with Gasteiger partial charge in [0.2, 0.25) is 0 Å². The van der Waals surface area contributed by atoms with Crippen molar-refractivity contribution in [2.24, 2.45) is 4.99 Å². The number of phenolic OH excluding ortho intramolecular Hbond substituents is 1. The maximum atomic E-state index is 13.7. The summed E-state index contributed by atoms with van der Waals surface area (Å²) >= 11 is 4.79. The fraction of sp³-hybridized carbons (Fsp3) is 0.269. The van der Waals surface area contributed by atoms with Gasteiger partial charge in [0.05, 0.1) is 42.2 Å². The van der Waals surface area contributed by atoms with E-state index in [0.29, 0.717) is 48.7 Å². The maximum absolute atomic E-state index is 13.7. The molecule has 36 heavy (non-hydrogen) atoms. The SMILES string of the molecule is CCOC(=O)C1=C(C)N=c2s/c(=C/c3ccccc3O)c(=O)n2[C@@H]1c1cc(OC)c(OCC)cc1Br. The number of ether oxygens (including phenoxy) is 3. The lowest BCUT2D eigenvalue weighted by molar-refractivity contribution is -0.139. The number of methoxy groups -OCH3 is 1. The molecule has 1 atom stereocenters. The minimum absolute atomic E-state index is 0.0577. The van der Waals surface area contributed by atoms with Crippen LogP contribution in [0.5, 0.6) is 17.2 Å². The fourth-order valence-corrected chi connectivity index (χ4v) is 5.60. The number of hydrogen-bond donors (Lipinski definition) is 1. The molecule has 10 heteroatoms. The number of carbonyl (C=O) groups is 1. The monoisotopic (exact) mass is 572 g/mol. The van der Waals surface area contributed by atoms with Gasteiger partial charge >= 0.3 is 5.97 Å². The number of esters is 1. The van der Waals surface area contributed by atoms with Crippen molar-refractivity contribution in [3.05, 3.63) is 83.0 Å². The standard InChI is InChI=1S/C26H25BrN2O6S/c1-5-34-20-13-17(27)16(12-19(20)33-4)23-22(25(32)35-6-2)14(3)28-26-29(23)24(31)21(36-26)11-15-9-7-8-10-18(15)30/h7-13,23,30H,5-6H2,1-4H3/b21-11+/t23-/m1/s1. The summed E-state index contributed by atoms with van der Waals surface area (Å²) in [5.41, 5.74) is 1.48. The summed E-state index contributed by atoms with van der Waals surface area (Å²) in [5, 5.41) is 10.2. The predicted octanol–water partition coefficient (Wildman–Crippen LogP) is 3.67. The molecular weight excluding hydrogens is 548 g/mol. The van der Waals surface area contributed by atoms with Gasteiger partial charge in [0.1, 0.15) is 5.75 Å². The van der Waals surface area contributed by atoms with E-state index in [0.717, 1.165) is 0 Å². The highest BCUT2D eigenvalue weighted by Gasteiger charge is 2.35. The number of allylic oxidation sites excluding steroid dienone is 1. The third-order valence-corrected chi connectivity index (χ3v) is 7.29. The van der Waals surface area contributed by atoms with Crippen LogP contribution in [-0.2, 0) is 9.53 Å². The number of benzene rings is 2. The first-order chi connectivity index (χ1) is 17.3. The number of rotatable bonds is 7. The van der Waals surface area contributed by atoms with Crippen molar-refractivity contribution in [1.82, 2.24) is 4.57 Å².